The summed E-state index contributed by atoms with van der Waals surface area (Å²) in [5.41, 5.74) is -0.883. The summed E-state index contributed by atoms with van der Waals surface area (Å²) in [6, 6.07) is 1.23. The van der Waals surface area contributed by atoms with E-state index in [0.29, 0.717) is 12.1 Å². The molecule has 0 spiro atoms. The van der Waals surface area contributed by atoms with Gasteiger partial charge in [0.15, 0.2) is 11.6 Å². The molecule has 1 rings (SSSR count). The van der Waals surface area contributed by atoms with Crippen LogP contribution in [0.15, 0.2) is 12.1 Å². The van der Waals surface area contributed by atoms with Gasteiger partial charge in [0, 0.05) is 0 Å². The summed E-state index contributed by atoms with van der Waals surface area (Å²) in [7, 11) is 0.939. The van der Waals surface area contributed by atoms with Gasteiger partial charge < -0.3 is 9.84 Å². The molecule has 0 amide bonds. The summed E-state index contributed by atoms with van der Waals surface area (Å²) in [6.07, 6.45) is 0. The van der Waals surface area contributed by atoms with E-state index in [4.69, 9.17) is 5.11 Å². The van der Waals surface area contributed by atoms with Crippen LogP contribution in [0.2, 0.25) is 0 Å². The molecule has 0 saturated carbocycles. The van der Waals surface area contributed by atoms with Crippen LogP contribution in [0.4, 0.5) is 17.6 Å². The molecule has 0 fully saturated rings. The number of methoxy groups -OCH3 is 1. The zero-order chi connectivity index (χ0) is 11.6. The fraction of sp³-hybridized carbons (Fsp3) is 0.333. The van der Waals surface area contributed by atoms with E-state index in [9.17, 15) is 17.6 Å². The van der Waals surface area contributed by atoms with E-state index in [1.807, 2.05) is 0 Å². The molecule has 0 bridgehead atoms. The van der Waals surface area contributed by atoms with Crippen molar-refractivity contribution in [3.8, 4) is 5.75 Å². The van der Waals surface area contributed by atoms with Gasteiger partial charge in [-0.2, -0.15) is 13.2 Å². The van der Waals surface area contributed by atoms with E-state index in [2.05, 4.69) is 4.74 Å². The van der Waals surface area contributed by atoms with Gasteiger partial charge in [-0.15, -0.1) is 0 Å². The van der Waals surface area contributed by atoms with E-state index in [0.717, 1.165) is 7.11 Å². The predicted octanol–water partition coefficient (Wildman–Crippen LogP) is 2.06. The topological polar surface area (TPSA) is 29.5 Å². The summed E-state index contributed by atoms with van der Waals surface area (Å²) in [5, 5.41) is 8.41. The van der Waals surface area contributed by atoms with Gasteiger partial charge in [0.05, 0.1) is 12.7 Å². The molecule has 1 N–H and O–H groups in total. The molecule has 2 nitrogen and oxygen atoms in total. The van der Waals surface area contributed by atoms with Crippen LogP contribution in [-0.2, 0) is 5.92 Å². The standard InChI is InChI=1S/C9H8F4O2/c1-15-8-5(9(12,13)4-14)2-3-6(10)7(8)11/h2-3,14H,4H2,1H3. The van der Waals surface area contributed by atoms with Gasteiger partial charge in [0.1, 0.15) is 6.61 Å². The number of hydrogen-bond donors (Lipinski definition) is 1. The lowest BCUT2D eigenvalue weighted by Gasteiger charge is -2.17. The molecule has 0 atom stereocenters. The highest BCUT2D eigenvalue weighted by atomic mass is 19.3. The monoisotopic (exact) mass is 224 g/mol. The third kappa shape index (κ3) is 2.04. The number of hydrogen-bond acceptors (Lipinski definition) is 2. The predicted molar refractivity (Wildman–Crippen MR) is 43.9 cm³/mol. The van der Waals surface area contributed by atoms with Gasteiger partial charge in [-0.05, 0) is 12.1 Å². The molecule has 6 heteroatoms. The summed E-state index contributed by atoms with van der Waals surface area (Å²) in [5.74, 6) is -7.35. The summed E-state index contributed by atoms with van der Waals surface area (Å²) in [6.45, 7) is -1.51. The maximum Gasteiger partial charge on any atom is 0.299 e. The minimum absolute atomic E-state index is 0.552. The Morgan fingerprint density at radius 2 is 1.93 bits per heavy atom. The molecule has 0 aromatic heterocycles. The Kier molecular flexibility index (Phi) is 3.18. The molecule has 0 radical (unpaired) electrons. The second-order valence-corrected chi connectivity index (χ2v) is 2.80. The van der Waals surface area contributed by atoms with Crippen LogP contribution in [0.5, 0.6) is 5.75 Å². The van der Waals surface area contributed by atoms with Crippen LogP contribution >= 0.6 is 0 Å². The van der Waals surface area contributed by atoms with Gasteiger partial charge in [0.25, 0.3) is 5.92 Å². The number of halogens is 4. The third-order valence-electron chi connectivity index (χ3n) is 1.85. The van der Waals surface area contributed by atoms with Gasteiger partial charge in [-0.3, -0.25) is 0 Å². The van der Waals surface area contributed by atoms with E-state index in [-0.39, 0.29) is 0 Å². The first-order valence-corrected chi connectivity index (χ1v) is 3.95. The molecule has 0 heterocycles. The first-order chi connectivity index (χ1) is 6.94. The van der Waals surface area contributed by atoms with Crippen LogP contribution in [0.3, 0.4) is 0 Å². The summed E-state index contributed by atoms with van der Waals surface area (Å²) < 4.78 is 56.1. The van der Waals surface area contributed by atoms with E-state index < -0.39 is 35.5 Å². The largest absolute Gasteiger partial charge is 0.493 e. The minimum Gasteiger partial charge on any atom is -0.493 e. The van der Waals surface area contributed by atoms with Gasteiger partial charge in [0.2, 0.25) is 5.82 Å². The van der Waals surface area contributed by atoms with Gasteiger partial charge >= 0.3 is 0 Å². The number of aliphatic hydroxyl groups is 1. The van der Waals surface area contributed by atoms with E-state index in [1.54, 1.807) is 0 Å². The quantitative estimate of drug-likeness (QED) is 0.796. The lowest BCUT2D eigenvalue weighted by molar-refractivity contribution is -0.0575. The molecule has 15 heavy (non-hydrogen) atoms. The maximum absolute atomic E-state index is 13.0. The Balaban J connectivity index is 3.37. The van der Waals surface area contributed by atoms with Crippen molar-refractivity contribution in [1.29, 1.82) is 0 Å². The maximum atomic E-state index is 13.0. The first-order valence-electron chi connectivity index (χ1n) is 3.95. The smallest absolute Gasteiger partial charge is 0.299 e. The summed E-state index contributed by atoms with van der Waals surface area (Å²) >= 11 is 0. The average Bonchev–Trinajstić information content (AvgIpc) is 2.21. The highest BCUT2D eigenvalue weighted by molar-refractivity contribution is 5.38. The Morgan fingerprint density at radius 1 is 1.33 bits per heavy atom. The Labute approximate surface area is 83.1 Å². The van der Waals surface area contributed by atoms with E-state index >= 15 is 0 Å². The molecule has 1 aromatic rings. The van der Waals surface area contributed by atoms with Crippen LogP contribution < -0.4 is 4.74 Å². The molecule has 0 aliphatic rings. The molecule has 84 valence electrons. The van der Waals surface area contributed by atoms with Crippen molar-refractivity contribution in [3.63, 3.8) is 0 Å². The second kappa shape index (κ2) is 4.06. The number of ether oxygens (including phenoxy) is 1. The van der Waals surface area contributed by atoms with Crippen molar-refractivity contribution in [2.45, 2.75) is 5.92 Å². The fourth-order valence-corrected chi connectivity index (χ4v) is 1.10. The number of alkyl halides is 2. The first kappa shape index (κ1) is 11.8. The minimum atomic E-state index is -3.67. The molecule has 1 aromatic carbocycles. The number of rotatable bonds is 3. The molecular formula is C9H8F4O2. The van der Waals surface area contributed by atoms with Crippen LogP contribution in [-0.4, -0.2) is 18.8 Å². The third-order valence-corrected chi connectivity index (χ3v) is 1.85. The molecule has 0 aliphatic carbocycles. The van der Waals surface area contributed by atoms with Crippen molar-refractivity contribution in [2.24, 2.45) is 0 Å². The molecular weight excluding hydrogens is 216 g/mol. The van der Waals surface area contributed by atoms with Crippen LogP contribution in [0.1, 0.15) is 5.56 Å². The molecule has 0 aliphatic heterocycles. The SMILES string of the molecule is COc1c(C(F)(F)CO)ccc(F)c1F. The lowest BCUT2D eigenvalue weighted by atomic mass is 10.1. The number of aliphatic hydroxyl groups excluding tert-OH is 1. The fourth-order valence-electron chi connectivity index (χ4n) is 1.10. The van der Waals surface area contributed by atoms with Crippen LogP contribution in [0.25, 0.3) is 0 Å². The second-order valence-electron chi connectivity index (χ2n) is 2.80. The zero-order valence-electron chi connectivity index (χ0n) is 7.73. The van der Waals surface area contributed by atoms with Crippen molar-refractivity contribution in [2.75, 3.05) is 13.7 Å². The Bertz CT molecular complexity index is 365. The van der Waals surface area contributed by atoms with Gasteiger partial charge in [-0.1, -0.05) is 0 Å². The van der Waals surface area contributed by atoms with Crippen molar-refractivity contribution in [1.82, 2.24) is 0 Å². The number of benzene rings is 1. The average molecular weight is 224 g/mol. The molecule has 0 saturated heterocycles. The normalized spacial score (nSPS) is 11.6. The van der Waals surface area contributed by atoms with Gasteiger partial charge in [-0.25, -0.2) is 4.39 Å². The highest BCUT2D eigenvalue weighted by Crippen LogP contribution is 2.36. The Morgan fingerprint density at radius 3 is 2.40 bits per heavy atom. The molecule has 0 unspecified atom stereocenters. The van der Waals surface area contributed by atoms with Crippen molar-refractivity contribution in [3.05, 3.63) is 29.3 Å². The van der Waals surface area contributed by atoms with Crippen molar-refractivity contribution < 1.29 is 27.4 Å². The van der Waals surface area contributed by atoms with Crippen molar-refractivity contribution >= 4 is 0 Å². The highest BCUT2D eigenvalue weighted by Gasteiger charge is 2.36. The van der Waals surface area contributed by atoms with E-state index in [1.165, 1.54) is 0 Å². The summed E-state index contributed by atoms with van der Waals surface area (Å²) in [4.78, 5) is 0. The lowest BCUT2D eigenvalue weighted by Crippen LogP contribution is -2.20. The Hall–Kier alpha value is -1.30. The van der Waals surface area contributed by atoms with Crippen LogP contribution in [0, 0.1) is 11.6 Å². The zero-order valence-corrected chi connectivity index (χ0v) is 7.73.